The quantitative estimate of drug-likeness (QED) is 0.644. The van der Waals surface area contributed by atoms with Crippen LogP contribution in [0.2, 0.25) is 0 Å². The van der Waals surface area contributed by atoms with Crippen molar-refractivity contribution in [3.8, 4) is 5.75 Å². The third-order valence-corrected chi connectivity index (χ3v) is 8.82. The second-order valence-electron chi connectivity index (χ2n) is 7.76. The Morgan fingerprint density at radius 2 is 1.77 bits per heavy atom. The van der Waals surface area contributed by atoms with Crippen LogP contribution >= 0.6 is 23.5 Å². The van der Waals surface area contributed by atoms with Gasteiger partial charge in [-0.05, 0) is 67.6 Å². The van der Waals surface area contributed by atoms with Gasteiger partial charge in [0, 0.05) is 17.7 Å². The number of nitrogens with one attached hydrogen (secondary N) is 1. The maximum atomic E-state index is 12.9. The van der Waals surface area contributed by atoms with E-state index in [9.17, 15) is 4.79 Å². The average Bonchev–Trinajstić information content (AvgIpc) is 3.35. The van der Waals surface area contributed by atoms with E-state index in [-0.39, 0.29) is 11.9 Å². The van der Waals surface area contributed by atoms with E-state index in [1.807, 2.05) is 53.9 Å². The number of likely N-dealkylation sites (tertiary alicyclic amines) is 1. The second kappa shape index (κ2) is 10.6. The minimum Gasteiger partial charge on any atom is -0.496 e. The summed E-state index contributed by atoms with van der Waals surface area (Å²) in [4.78, 5) is 15.3. The number of para-hydroxylation sites is 1. The SMILES string of the molecule is COc1ccccc1C(CNC(=O)c1ccc(C2SCCCS2)cc1)N1CCCC1. The highest BCUT2D eigenvalue weighted by atomic mass is 32.2. The third kappa shape index (κ3) is 5.16. The van der Waals surface area contributed by atoms with Crippen molar-refractivity contribution in [3.05, 3.63) is 65.2 Å². The zero-order chi connectivity index (χ0) is 20.8. The molecule has 2 aliphatic rings. The van der Waals surface area contributed by atoms with E-state index >= 15 is 0 Å². The maximum absolute atomic E-state index is 12.9. The first-order valence-electron chi connectivity index (χ1n) is 10.7. The molecule has 2 aliphatic heterocycles. The predicted molar refractivity (Wildman–Crippen MR) is 128 cm³/mol. The number of carbonyl (C=O) groups excluding carboxylic acids is 1. The number of ether oxygens (including phenoxy) is 1. The lowest BCUT2D eigenvalue weighted by molar-refractivity contribution is 0.0937. The number of carbonyl (C=O) groups is 1. The molecule has 2 saturated heterocycles. The smallest absolute Gasteiger partial charge is 0.251 e. The summed E-state index contributed by atoms with van der Waals surface area (Å²) in [5, 5.41) is 3.18. The molecule has 2 heterocycles. The van der Waals surface area contributed by atoms with Crippen molar-refractivity contribution < 1.29 is 9.53 Å². The molecule has 4 rings (SSSR count). The molecule has 1 unspecified atom stereocenters. The average molecular weight is 443 g/mol. The molecule has 0 aromatic heterocycles. The summed E-state index contributed by atoms with van der Waals surface area (Å²) in [6, 6.07) is 16.4. The van der Waals surface area contributed by atoms with E-state index in [2.05, 4.69) is 28.4 Å². The molecule has 30 heavy (non-hydrogen) atoms. The summed E-state index contributed by atoms with van der Waals surface area (Å²) in [5.41, 5.74) is 3.18. The van der Waals surface area contributed by atoms with E-state index in [0.29, 0.717) is 11.1 Å². The number of rotatable bonds is 7. The topological polar surface area (TPSA) is 41.6 Å². The van der Waals surface area contributed by atoms with Crippen molar-refractivity contribution in [3.63, 3.8) is 0 Å². The number of thioether (sulfide) groups is 2. The fourth-order valence-electron chi connectivity index (χ4n) is 4.19. The molecule has 2 aromatic carbocycles. The van der Waals surface area contributed by atoms with Gasteiger partial charge in [-0.1, -0.05) is 30.3 Å². The molecule has 1 N–H and O–H groups in total. The van der Waals surface area contributed by atoms with Crippen LogP contribution in [0, 0.1) is 0 Å². The van der Waals surface area contributed by atoms with Crippen molar-refractivity contribution in [2.24, 2.45) is 0 Å². The molecule has 0 bridgehead atoms. The number of amides is 1. The first-order chi connectivity index (χ1) is 14.8. The van der Waals surface area contributed by atoms with Crippen LogP contribution < -0.4 is 10.1 Å². The number of hydrogen-bond donors (Lipinski definition) is 1. The number of hydrogen-bond acceptors (Lipinski definition) is 5. The molecule has 1 amide bonds. The monoisotopic (exact) mass is 442 g/mol. The molecule has 1 atom stereocenters. The molecule has 160 valence electrons. The first-order valence-corrected chi connectivity index (χ1v) is 12.8. The van der Waals surface area contributed by atoms with Gasteiger partial charge in [-0.25, -0.2) is 0 Å². The molecule has 0 saturated carbocycles. The van der Waals surface area contributed by atoms with Crippen LogP contribution in [0.4, 0.5) is 0 Å². The molecule has 2 fully saturated rings. The second-order valence-corrected chi connectivity index (χ2v) is 10.5. The standard InChI is InChI=1S/C24H30N2O2S2/c1-28-22-8-3-2-7-20(22)21(26-13-4-5-14-26)17-25-23(27)18-9-11-19(12-10-18)24-29-15-6-16-30-24/h2-3,7-12,21,24H,4-6,13-17H2,1H3,(H,25,27). The van der Waals surface area contributed by atoms with Crippen LogP contribution in [-0.2, 0) is 0 Å². The summed E-state index contributed by atoms with van der Waals surface area (Å²) in [5.74, 6) is 3.32. The van der Waals surface area contributed by atoms with Gasteiger partial charge >= 0.3 is 0 Å². The fraction of sp³-hybridized carbons (Fsp3) is 0.458. The zero-order valence-corrected chi connectivity index (χ0v) is 19.1. The van der Waals surface area contributed by atoms with Gasteiger partial charge in [-0.2, -0.15) is 0 Å². The largest absolute Gasteiger partial charge is 0.496 e. The van der Waals surface area contributed by atoms with Crippen LogP contribution in [0.5, 0.6) is 5.75 Å². The van der Waals surface area contributed by atoms with Crippen LogP contribution in [0.15, 0.2) is 48.5 Å². The molecule has 0 aliphatic carbocycles. The number of nitrogens with zero attached hydrogens (tertiary/aromatic N) is 1. The lowest BCUT2D eigenvalue weighted by Crippen LogP contribution is -2.37. The van der Waals surface area contributed by atoms with Crippen LogP contribution in [0.3, 0.4) is 0 Å². The van der Waals surface area contributed by atoms with Crippen molar-refractivity contribution in [1.82, 2.24) is 10.2 Å². The highest BCUT2D eigenvalue weighted by molar-refractivity contribution is 8.16. The van der Waals surface area contributed by atoms with E-state index < -0.39 is 0 Å². The molecule has 2 aromatic rings. The summed E-state index contributed by atoms with van der Waals surface area (Å²) in [6.45, 7) is 2.70. The highest BCUT2D eigenvalue weighted by Crippen LogP contribution is 2.43. The van der Waals surface area contributed by atoms with Gasteiger partial charge in [0.15, 0.2) is 0 Å². The summed E-state index contributed by atoms with van der Waals surface area (Å²) < 4.78 is 6.11. The van der Waals surface area contributed by atoms with E-state index in [0.717, 1.165) is 30.0 Å². The molecule has 6 heteroatoms. The van der Waals surface area contributed by atoms with Gasteiger partial charge in [-0.15, -0.1) is 23.5 Å². The Morgan fingerprint density at radius 3 is 2.47 bits per heavy atom. The Morgan fingerprint density at radius 1 is 1.07 bits per heavy atom. The Kier molecular flexibility index (Phi) is 7.63. The van der Waals surface area contributed by atoms with Gasteiger partial charge in [0.25, 0.3) is 5.91 Å². The maximum Gasteiger partial charge on any atom is 0.251 e. The van der Waals surface area contributed by atoms with Crippen LogP contribution in [0.1, 0.15) is 51.4 Å². The van der Waals surface area contributed by atoms with Crippen molar-refractivity contribution in [2.45, 2.75) is 29.9 Å². The van der Waals surface area contributed by atoms with E-state index in [1.165, 1.54) is 36.3 Å². The molecule has 0 radical (unpaired) electrons. The molecule has 0 spiro atoms. The summed E-state index contributed by atoms with van der Waals surface area (Å²) >= 11 is 4.01. The molecule has 4 nitrogen and oxygen atoms in total. The van der Waals surface area contributed by atoms with Crippen LogP contribution in [-0.4, -0.2) is 49.1 Å². The predicted octanol–water partition coefficient (Wildman–Crippen LogP) is 5.13. The summed E-state index contributed by atoms with van der Waals surface area (Å²) in [6.07, 6.45) is 3.70. The van der Waals surface area contributed by atoms with Crippen LogP contribution in [0.25, 0.3) is 0 Å². The molecular weight excluding hydrogens is 412 g/mol. The Hall–Kier alpha value is -1.63. The first kappa shape index (κ1) is 21.6. The Bertz CT molecular complexity index is 831. The fourth-order valence-corrected chi connectivity index (χ4v) is 7.09. The Labute approximate surface area is 188 Å². The normalized spacial score (nSPS) is 18.8. The van der Waals surface area contributed by atoms with Gasteiger partial charge in [-0.3, -0.25) is 9.69 Å². The van der Waals surface area contributed by atoms with Gasteiger partial charge in [0.05, 0.1) is 17.7 Å². The Balaban J connectivity index is 1.43. The van der Waals surface area contributed by atoms with E-state index in [4.69, 9.17) is 4.74 Å². The summed E-state index contributed by atoms with van der Waals surface area (Å²) in [7, 11) is 1.71. The van der Waals surface area contributed by atoms with Crippen molar-refractivity contribution >= 4 is 29.4 Å². The number of methoxy groups -OCH3 is 1. The molecular formula is C24H30N2O2S2. The number of benzene rings is 2. The van der Waals surface area contributed by atoms with Crippen molar-refractivity contribution in [2.75, 3.05) is 38.2 Å². The minimum absolute atomic E-state index is 0.00963. The van der Waals surface area contributed by atoms with Gasteiger partial charge in [0.1, 0.15) is 5.75 Å². The van der Waals surface area contributed by atoms with Crippen molar-refractivity contribution in [1.29, 1.82) is 0 Å². The lowest BCUT2D eigenvalue weighted by Gasteiger charge is -2.29. The third-order valence-electron chi connectivity index (χ3n) is 5.81. The highest BCUT2D eigenvalue weighted by Gasteiger charge is 2.26. The lowest BCUT2D eigenvalue weighted by atomic mass is 10.0. The zero-order valence-electron chi connectivity index (χ0n) is 17.5. The van der Waals surface area contributed by atoms with Gasteiger partial charge < -0.3 is 10.1 Å². The minimum atomic E-state index is -0.00963. The van der Waals surface area contributed by atoms with Gasteiger partial charge in [0.2, 0.25) is 0 Å². The van der Waals surface area contributed by atoms with E-state index in [1.54, 1.807) is 7.11 Å².